The number of rotatable bonds is 12. The molecule has 1 amide bonds. The van der Waals surface area contributed by atoms with Crippen LogP contribution in [0.5, 0.6) is 0 Å². The molecule has 2 aromatic heterocycles. The van der Waals surface area contributed by atoms with E-state index in [1.165, 1.54) is 0 Å². The number of nitrogens with zero attached hydrogens (tertiary/aromatic N) is 6. The van der Waals surface area contributed by atoms with E-state index < -0.39 is 0 Å². The number of nitrogens with one attached hydrogen (secondary N) is 2. The molecule has 5 rings (SSSR count). The summed E-state index contributed by atoms with van der Waals surface area (Å²) in [4.78, 5) is 39.0. The Hall–Kier alpha value is -3.83. The number of amides is 1. The molecule has 230 valence electrons. The van der Waals surface area contributed by atoms with Gasteiger partial charge in [0.15, 0.2) is 5.65 Å². The number of anilines is 2. The van der Waals surface area contributed by atoms with Gasteiger partial charge in [0.1, 0.15) is 5.78 Å². The molecule has 11 nitrogen and oxygen atoms in total. The lowest BCUT2D eigenvalue weighted by atomic mass is 9.96. The Morgan fingerprint density at radius 2 is 1.93 bits per heavy atom. The number of fused-ring (bicyclic) bond motifs is 1. The third kappa shape index (κ3) is 7.97. The van der Waals surface area contributed by atoms with Gasteiger partial charge in [-0.05, 0) is 50.4 Å². The standard InChI is InChI=1S/C32H44N8O3/c1-22(2)27-20-34-40-30(27)36-31(35-26-11-15-43-16-12-26)37-32(40)33-19-24-8-5-7-23(17-24)18-28(41)25-10-14-39(21-25)29(42)9-6-13-38(3)4/h5-9,17,20,22,25-26H,10-16,18-19,21H2,1-4H3,(H2,33,35,36,37)/b9-6+. The topological polar surface area (TPSA) is 117 Å². The van der Waals surface area contributed by atoms with E-state index in [9.17, 15) is 9.59 Å². The van der Waals surface area contributed by atoms with Crippen molar-refractivity contribution in [1.82, 2.24) is 29.4 Å². The molecule has 1 atom stereocenters. The van der Waals surface area contributed by atoms with Gasteiger partial charge >= 0.3 is 0 Å². The highest BCUT2D eigenvalue weighted by Crippen LogP contribution is 2.24. The van der Waals surface area contributed by atoms with Crippen LogP contribution in [0.25, 0.3) is 5.65 Å². The van der Waals surface area contributed by atoms with E-state index in [4.69, 9.17) is 14.7 Å². The average Bonchev–Trinajstić information content (AvgIpc) is 3.65. The normalized spacial score (nSPS) is 17.9. The smallest absolute Gasteiger partial charge is 0.246 e. The molecule has 11 heteroatoms. The van der Waals surface area contributed by atoms with E-state index in [2.05, 4.69) is 35.6 Å². The first-order chi connectivity index (χ1) is 20.8. The molecule has 2 N–H and O–H groups in total. The maximum absolute atomic E-state index is 13.2. The number of aromatic nitrogens is 4. The summed E-state index contributed by atoms with van der Waals surface area (Å²) >= 11 is 0. The van der Waals surface area contributed by atoms with Gasteiger partial charge in [-0.3, -0.25) is 9.59 Å². The van der Waals surface area contributed by atoms with Crippen molar-refractivity contribution in [2.24, 2.45) is 5.92 Å². The second-order valence-corrected chi connectivity index (χ2v) is 12.1. The molecule has 4 heterocycles. The van der Waals surface area contributed by atoms with E-state index in [-0.39, 0.29) is 29.6 Å². The molecular formula is C32H44N8O3. The summed E-state index contributed by atoms with van der Waals surface area (Å²) in [5, 5.41) is 11.5. The van der Waals surface area contributed by atoms with E-state index >= 15 is 0 Å². The van der Waals surface area contributed by atoms with Gasteiger partial charge in [-0.25, -0.2) is 0 Å². The van der Waals surface area contributed by atoms with Crippen LogP contribution < -0.4 is 10.6 Å². The highest BCUT2D eigenvalue weighted by Gasteiger charge is 2.30. The molecule has 1 unspecified atom stereocenters. The zero-order valence-corrected chi connectivity index (χ0v) is 25.8. The SMILES string of the molecule is CC(C)c1cnn2c(NCc3cccc(CC(=O)C4CCN(C(=O)/C=C/CN(C)C)C4)c3)nc(NC3CCOCC3)nc12. The quantitative estimate of drug-likeness (QED) is 0.307. The van der Waals surface area contributed by atoms with Crippen molar-refractivity contribution >= 4 is 29.2 Å². The number of benzene rings is 1. The molecule has 0 aliphatic carbocycles. The predicted octanol–water partition coefficient (Wildman–Crippen LogP) is 3.53. The fourth-order valence-corrected chi connectivity index (χ4v) is 5.57. The largest absolute Gasteiger partial charge is 0.381 e. The molecule has 1 aromatic carbocycles. The lowest BCUT2D eigenvalue weighted by Crippen LogP contribution is -2.29. The third-order valence-electron chi connectivity index (χ3n) is 8.08. The molecule has 43 heavy (non-hydrogen) atoms. The molecule has 0 bridgehead atoms. The minimum atomic E-state index is -0.126. The summed E-state index contributed by atoms with van der Waals surface area (Å²) in [6, 6.07) is 8.35. The van der Waals surface area contributed by atoms with Crippen molar-refractivity contribution in [3.05, 3.63) is 59.3 Å². The van der Waals surface area contributed by atoms with Crippen LogP contribution in [0.3, 0.4) is 0 Å². The fourth-order valence-electron chi connectivity index (χ4n) is 5.57. The van der Waals surface area contributed by atoms with E-state index in [0.717, 1.165) is 48.4 Å². The zero-order chi connectivity index (χ0) is 30.3. The summed E-state index contributed by atoms with van der Waals surface area (Å²) in [6.07, 6.45) is 8.25. The molecular weight excluding hydrogens is 544 g/mol. The fraction of sp³-hybridized carbons (Fsp3) is 0.531. The van der Waals surface area contributed by atoms with Gasteiger partial charge in [0.2, 0.25) is 17.8 Å². The third-order valence-corrected chi connectivity index (χ3v) is 8.08. The van der Waals surface area contributed by atoms with E-state index in [1.807, 2.05) is 49.5 Å². The summed E-state index contributed by atoms with van der Waals surface area (Å²) < 4.78 is 7.27. The highest BCUT2D eigenvalue weighted by atomic mass is 16.5. The highest BCUT2D eigenvalue weighted by molar-refractivity contribution is 5.89. The first-order valence-corrected chi connectivity index (χ1v) is 15.3. The molecule has 2 saturated heterocycles. The van der Waals surface area contributed by atoms with Crippen LogP contribution in [0.4, 0.5) is 11.9 Å². The van der Waals surface area contributed by atoms with Crippen LogP contribution in [-0.4, -0.2) is 94.1 Å². The Morgan fingerprint density at radius 1 is 1.14 bits per heavy atom. The summed E-state index contributed by atoms with van der Waals surface area (Å²) in [6.45, 7) is 8.08. The molecule has 2 aliphatic rings. The van der Waals surface area contributed by atoms with Crippen molar-refractivity contribution < 1.29 is 14.3 Å². The number of Topliss-reactive ketones (excluding diaryl/α,β-unsaturated/α-hetero) is 1. The summed E-state index contributed by atoms with van der Waals surface area (Å²) in [5.41, 5.74) is 3.87. The summed E-state index contributed by atoms with van der Waals surface area (Å²) in [5.74, 6) is 1.50. The first-order valence-electron chi connectivity index (χ1n) is 15.3. The van der Waals surface area contributed by atoms with Gasteiger partial charge < -0.3 is 25.2 Å². The number of carbonyl (C=O) groups is 2. The van der Waals surface area contributed by atoms with Crippen LogP contribution in [0, 0.1) is 5.92 Å². The maximum Gasteiger partial charge on any atom is 0.246 e. The van der Waals surface area contributed by atoms with Gasteiger partial charge in [-0.2, -0.15) is 19.6 Å². The minimum absolute atomic E-state index is 0.0205. The van der Waals surface area contributed by atoms with Crippen molar-refractivity contribution in [3.8, 4) is 0 Å². The minimum Gasteiger partial charge on any atom is -0.381 e. The lowest BCUT2D eigenvalue weighted by Gasteiger charge is -2.23. The Bertz CT molecular complexity index is 1440. The molecule has 0 spiro atoms. The van der Waals surface area contributed by atoms with Crippen molar-refractivity contribution in [2.75, 3.05) is 57.6 Å². The number of ketones is 1. The number of hydrogen-bond donors (Lipinski definition) is 2. The van der Waals surface area contributed by atoms with Crippen molar-refractivity contribution in [2.45, 2.75) is 58.0 Å². The monoisotopic (exact) mass is 588 g/mol. The number of carbonyl (C=O) groups excluding carboxylic acids is 2. The second-order valence-electron chi connectivity index (χ2n) is 12.1. The van der Waals surface area contributed by atoms with Gasteiger partial charge in [-0.1, -0.05) is 44.2 Å². The Balaban J connectivity index is 1.23. The molecule has 0 radical (unpaired) electrons. The van der Waals surface area contributed by atoms with Gasteiger partial charge in [0.05, 0.1) is 6.20 Å². The van der Waals surface area contributed by atoms with Crippen LogP contribution >= 0.6 is 0 Å². The van der Waals surface area contributed by atoms with Gasteiger partial charge in [0, 0.05) is 69.4 Å². The Kier molecular flexibility index (Phi) is 10.0. The number of likely N-dealkylation sites (N-methyl/N-ethyl adjacent to an activating group) is 1. The molecule has 3 aromatic rings. The van der Waals surface area contributed by atoms with Crippen LogP contribution in [0.1, 0.15) is 55.7 Å². The predicted molar refractivity (Wildman–Crippen MR) is 167 cm³/mol. The lowest BCUT2D eigenvalue weighted by molar-refractivity contribution is -0.125. The Labute approximate surface area is 253 Å². The number of ether oxygens (including phenoxy) is 1. The zero-order valence-electron chi connectivity index (χ0n) is 25.8. The second kappa shape index (κ2) is 14.1. The number of hydrogen-bond acceptors (Lipinski definition) is 9. The van der Waals surface area contributed by atoms with Crippen molar-refractivity contribution in [3.63, 3.8) is 0 Å². The maximum atomic E-state index is 13.2. The van der Waals surface area contributed by atoms with E-state index in [1.54, 1.807) is 15.5 Å². The number of likely N-dealkylation sites (tertiary alicyclic amines) is 1. The van der Waals surface area contributed by atoms with Crippen LogP contribution in [0.2, 0.25) is 0 Å². The van der Waals surface area contributed by atoms with Crippen molar-refractivity contribution in [1.29, 1.82) is 0 Å². The Morgan fingerprint density at radius 3 is 2.70 bits per heavy atom. The van der Waals surface area contributed by atoms with Gasteiger partial charge in [0.25, 0.3) is 0 Å². The molecule has 2 aliphatic heterocycles. The van der Waals surface area contributed by atoms with Gasteiger partial charge in [-0.15, -0.1) is 0 Å². The molecule has 0 saturated carbocycles. The van der Waals surface area contributed by atoms with Crippen LogP contribution in [0.15, 0.2) is 42.6 Å². The first kappa shape index (κ1) is 30.6. The summed E-state index contributed by atoms with van der Waals surface area (Å²) in [7, 11) is 3.92. The molecule has 2 fully saturated rings. The van der Waals surface area contributed by atoms with Crippen LogP contribution in [-0.2, 0) is 27.3 Å². The van der Waals surface area contributed by atoms with E-state index in [0.29, 0.717) is 50.9 Å². The average molecular weight is 589 g/mol.